The number of halogens is 4. The van der Waals surface area contributed by atoms with E-state index in [1.54, 1.807) is 18.7 Å². The number of rotatable bonds is 6. The molecule has 1 unspecified atom stereocenters. The topological polar surface area (TPSA) is 48.4 Å². The number of hydrogen-bond acceptors (Lipinski definition) is 7. The van der Waals surface area contributed by atoms with Gasteiger partial charge in [0.1, 0.15) is 23.2 Å². The van der Waals surface area contributed by atoms with Crippen LogP contribution in [-0.2, 0) is 11.0 Å². The molecule has 0 aliphatic carbocycles. The summed E-state index contributed by atoms with van der Waals surface area (Å²) in [6.45, 7) is 4.19. The highest BCUT2D eigenvalue weighted by atomic mass is 32.2. The molecule has 0 aromatic heterocycles. The van der Waals surface area contributed by atoms with Crippen molar-refractivity contribution in [2.24, 2.45) is 5.10 Å². The summed E-state index contributed by atoms with van der Waals surface area (Å²) in [7, 11) is 0. The molecule has 214 valence electrons. The van der Waals surface area contributed by atoms with Crippen molar-refractivity contribution in [1.29, 1.82) is 0 Å². The standard InChI is InChI=1S/C29H26F4N4O2S2/c1-18-27(38)37(41-33)34-25-15-40-24-13-21(29(30,31)32)23(14-22(24)36(18)25)39-28(2)16-35(17-28)26(19-9-5-3-6-10-19)20-11-7-4-8-12-20/h3-14,18,26H,15-17H2,1-2H3. The maximum atomic E-state index is 14.3. The molecule has 0 spiro atoms. The smallest absolute Gasteiger partial charge is 0.420 e. The number of likely N-dealkylation sites (tertiary alicyclic amines) is 1. The molecule has 3 aromatic rings. The lowest BCUT2D eigenvalue weighted by molar-refractivity contribution is -0.142. The summed E-state index contributed by atoms with van der Waals surface area (Å²) in [5.74, 6) is -0.319. The second kappa shape index (κ2) is 10.6. The first-order valence-electron chi connectivity index (χ1n) is 13.0. The van der Waals surface area contributed by atoms with Gasteiger partial charge in [-0.1, -0.05) is 60.7 Å². The highest BCUT2D eigenvalue weighted by Gasteiger charge is 2.48. The first-order chi connectivity index (χ1) is 19.6. The minimum Gasteiger partial charge on any atom is -0.484 e. The van der Waals surface area contributed by atoms with Gasteiger partial charge in [-0.05, 0) is 31.0 Å². The van der Waals surface area contributed by atoms with Crippen molar-refractivity contribution in [2.75, 3.05) is 23.7 Å². The van der Waals surface area contributed by atoms with Crippen LogP contribution in [0.4, 0.5) is 22.7 Å². The lowest BCUT2D eigenvalue weighted by Gasteiger charge is -2.51. The average Bonchev–Trinajstić information content (AvgIpc) is 2.94. The van der Waals surface area contributed by atoms with Gasteiger partial charge in [0.25, 0.3) is 5.91 Å². The van der Waals surface area contributed by atoms with Crippen molar-refractivity contribution in [3.8, 4) is 5.75 Å². The van der Waals surface area contributed by atoms with Crippen LogP contribution in [0.1, 0.15) is 36.6 Å². The Hall–Kier alpha value is -3.22. The number of amides is 1. The van der Waals surface area contributed by atoms with Crippen LogP contribution in [0.5, 0.6) is 5.75 Å². The fourth-order valence-electron chi connectivity index (χ4n) is 5.70. The average molecular weight is 603 g/mol. The maximum Gasteiger partial charge on any atom is 0.420 e. The molecule has 6 rings (SSSR count). The van der Waals surface area contributed by atoms with E-state index in [0.29, 0.717) is 33.9 Å². The van der Waals surface area contributed by atoms with Crippen molar-refractivity contribution in [1.82, 2.24) is 9.31 Å². The van der Waals surface area contributed by atoms with Crippen molar-refractivity contribution in [2.45, 2.75) is 42.6 Å². The molecule has 3 heterocycles. The number of carbonyl (C=O) groups is 1. The molecular formula is C29H26F4N4O2S2. The van der Waals surface area contributed by atoms with Crippen molar-refractivity contribution in [3.05, 3.63) is 89.5 Å². The van der Waals surface area contributed by atoms with Crippen molar-refractivity contribution in [3.63, 3.8) is 0 Å². The van der Waals surface area contributed by atoms with Gasteiger partial charge in [0.05, 0.1) is 23.0 Å². The highest BCUT2D eigenvalue weighted by molar-refractivity contribution is 8.00. The number of benzene rings is 3. The fourth-order valence-corrected chi connectivity index (χ4v) is 7.04. The monoisotopic (exact) mass is 602 g/mol. The predicted molar refractivity (Wildman–Crippen MR) is 152 cm³/mol. The minimum atomic E-state index is -4.65. The van der Waals surface area contributed by atoms with E-state index < -0.39 is 29.3 Å². The molecule has 41 heavy (non-hydrogen) atoms. The summed E-state index contributed by atoms with van der Waals surface area (Å²) in [5, 5.41) is 4.07. The molecule has 3 aliphatic heterocycles. The zero-order valence-corrected chi connectivity index (χ0v) is 23.8. The van der Waals surface area contributed by atoms with Gasteiger partial charge in [-0.2, -0.15) is 13.2 Å². The molecule has 1 saturated heterocycles. The SMILES string of the molecule is CC1C(=O)N(SF)N=C2CSc3cc(C(F)(F)F)c(OC4(C)CN(C(c5ccccc5)c5ccccc5)C4)cc3N21. The van der Waals surface area contributed by atoms with Gasteiger partial charge >= 0.3 is 6.18 Å². The van der Waals surface area contributed by atoms with Crippen LogP contribution in [0.25, 0.3) is 0 Å². The number of thioether (sulfide) groups is 1. The van der Waals surface area contributed by atoms with Gasteiger partial charge < -0.3 is 9.64 Å². The summed E-state index contributed by atoms with van der Waals surface area (Å²) in [4.78, 5) is 16.8. The Balaban J connectivity index is 1.32. The van der Waals surface area contributed by atoms with Crippen LogP contribution in [0.15, 0.2) is 82.8 Å². The summed E-state index contributed by atoms with van der Waals surface area (Å²) >= 11 is 0.864. The summed E-state index contributed by atoms with van der Waals surface area (Å²) in [5.41, 5.74) is 0.791. The van der Waals surface area contributed by atoms with Crippen LogP contribution >= 0.6 is 24.1 Å². The minimum absolute atomic E-state index is 0.0774. The van der Waals surface area contributed by atoms with Gasteiger partial charge in [-0.25, -0.2) is 0 Å². The molecule has 0 radical (unpaired) electrons. The summed E-state index contributed by atoms with van der Waals surface area (Å²) in [6, 6.07) is 21.4. The number of carbonyl (C=O) groups excluding carboxylic acids is 1. The van der Waals surface area contributed by atoms with Gasteiger partial charge in [-0.15, -0.1) is 25.2 Å². The van der Waals surface area contributed by atoms with E-state index in [1.165, 1.54) is 6.07 Å². The van der Waals surface area contributed by atoms with Crippen LogP contribution < -0.4 is 9.64 Å². The van der Waals surface area contributed by atoms with Gasteiger partial charge in [0.2, 0.25) is 0 Å². The predicted octanol–water partition coefficient (Wildman–Crippen LogP) is 6.94. The highest BCUT2D eigenvalue weighted by Crippen LogP contribution is 2.48. The Morgan fingerprint density at radius 3 is 2.22 bits per heavy atom. The lowest BCUT2D eigenvalue weighted by Crippen LogP contribution is -2.64. The Morgan fingerprint density at radius 2 is 1.66 bits per heavy atom. The van der Waals surface area contributed by atoms with Gasteiger partial charge in [-0.3, -0.25) is 9.69 Å². The van der Waals surface area contributed by atoms with Gasteiger partial charge in [0.15, 0.2) is 12.3 Å². The van der Waals surface area contributed by atoms with E-state index in [1.807, 2.05) is 60.7 Å². The number of fused-ring (bicyclic) bond motifs is 3. The second-order valence-electron chi connectivity index (χ2n) is 10.5. The van der Waals surface area contributed by atoms with Crippen LogP contribution in [0.2, 0.25) is 0 Å². The third-order valence-electron chi connectivity index (χ3n) is 7.49. The molecule has 1 amide bonds. The van der Waals surface area contributed by atoms with E-state index >= 15 is 0 Å². The van der Waals surface area contributed by atoms with E-state index in [4.69, 9.17) is 4.74 Å². The van der Waals surface area contributed by atoms with Crippen LogP contribution in [0, 0.1) is 0 Å². The molecular weight excluding hydrogens is 576 g/mol. The first kappa shape index (κ1) is 27.9. The summed E-state index contributed by atoms with van der Waals surface area (Å²) in [6.07, 6.45) is -4.65. The molecule has 3 aliphatic rings. The van der Waals surface area contributed by atoms with E-state index in [2.05, 4.69) is 10.0 Å². The summed E-state index contributed by atoms with van der Waals surface area (Å²) < 4.78 is 63.0. The molecule has 0 saturated carbocycles. The lowest BCUT2D eigenvalue weighted by atomic mass is 9.88. The van der Waals surface area contributed by atoms with E-state index in [0.717, 1.165) is 29.0 Å². The van der Waals surface area contributed by atoms with Crippen LogP contribution in [-0.4, -0.2) is 51.5 Å². The zero-order chi connectivity index (χ0) is 28.9. The number of hydrazone groups is 1. The second-order valence-corrected chi connectivity index (χ2v) is 12.0. The molecule has 1 fully saturated rings. The molecule has 3 aromatic carbocycles. The number of alkyl halides is 3. The molecule has 0 N–H and O–H groups in total. The Kier molecular flexibility index (Phi) is 7.19. The third-order valence-corrected chi connectivity index (χ3v) is 8.93. The first-order valence-corrected chi connectivity index (χ1v) is 14.6. The Bertz CT molecular complexity index is 1440. The molecule has 6 nitrogen and oxygen atoms in total. The van der Waals surface area contributed by atoms with Gasteiger partial charge in [0, 0.05) is 24.1 Å². The van der Waals surface area contributed by atoms with Crippen molar-refractivity contribution < 1.29 is 26.6 Å². The van der Waals surface area contributed by atoms with Crippen molar-refractivity contribution >= 4 is 41.5 Å². The molecule has 12 heteroatoms. The number of ether oxygens (including phenoxy) is 1. The normalized spacial score (nSPS) is 20.3. The zero-order valence-electron chi connectivity index (χ0n) is 22.1. The van der Waals surface area contributed by atoms with Crippen LogP contribution in [0.3, 0.4) is 0 Å². The van der Waals surface area contributed by atoms with E-state index in [9.17, 15) is 21.9 Å². The molecule has 0 bridgehead atoms. The Morgan fingerprint density at radius 1 is 1.05 bits per heavy atom. The Labute approximate surface area is 243 Å². The number of nitrogens with zero attached hydrogens (tertiary/aromatic N) is 4. The number of amidine groups is 1. The number of anilines is 1. The molecule has 1 atom stereocenters. The maximum absolute atomic E-state index is 14.3. The fraction of sp³-hybridized carbons (Fsp3) is 0.310. The largest absolute Gasteiger partial charge is 0.484 e. The number of hydrogen-bond donors (Lipinski definition) is 0. The third kappa shape index (κ3) is 5.17. The quantitative estimate of drug-likeness (QED) is 0.225. The van der Waals surface area contributed by atoms with E-state index in [-0.39, 0.29) is 29.9 Å².